The van der Waals surface area contributed by atoms with Crippen molar-refractivity contribution in [3.05, 3.63) is 58.6 Å². The van der Waals surface area contributed by atoms with Crippen molar-refractivity contribution in [1.29, 1.82) is 0 Å². The fourth-order valence-corrected chi connectivity index (χ4v) is 2.01. The van der Waals surface area contributed by atoms with Gasteiger partial charge in [0.15, 0.2) is 6.61 Å². The molecule has 0 aliphatic heterocycles. The van der Waals surface area contributed by atoms with Crippen LogP contribution in [0.2, 0.25) is 5.02 Å². The monoisotopic (exact) mass is 290 g/mol. The number of carbonyl (C=O) groups is 1. The van der Waals surface area contributed by atoms with Crippen LogP contribution in [0.3, 0.4) is 0 Å². The summed E-state index contributed by atoms with van der Waals surface area (Å²) in [6.07, 6.45) is 0. The van der Waals surface area contributed by atoms with Gasteiger partial charge in [0.2, 0.25) is 0 Å². The molecule has 104 valence electrons. The van der Waals surface area contributed by atoms with Crippen LogP contribution in [0.1, 0.15) is 11.1 Å². The molecule has 0 N–H and O–H groups in total. The summed E-state index contributed by atoms with van der Waals surface area (Å²) in [5, 5.41) is 0.396. The SMILES string of the molecule is Cc1cc(C)cc(OCC(=O)Oc2ccccc2Cl)c1. The zero-order valence-corrected chi connectivity index (χ0v) is 12.1. The van der Waals surface area contributed by atoms with Gasteiger partial charge in [-0.25, -0.2) is 4.79 Å². The van der Waals surface area contributed by atoms with E-state index in [-0.39, 0.29) is 6.61 Å². The van der Waals surface area contributed by atoms with Gasteiger partial charge in [-0.3, -0.25) is 0 Å². The van der Waals surface area contributed by atoms with Crippen LogP contribution in [0, 0.1) is 13.8 Å². The summed E-state index contributed by atoms with van der Waals surface area (Å²) >= 11 is 5.91. The van der Waals surface area contributed by atoms with E-state index in [0.717, 1.165) is 11.1 Å². The highest BCUT2D eigenvalue weighted by molar-refractivity contribution is 6.32. The Morgan fingerprint density at radius 1 is 1.10 bits per heavy atom. The lowest BCUT2D eigenvalue weighted by atomic mass is 10.1. The highest BCUT2D eigenvalue weighted by Crippen LogP contribution is 2.23. The van der Waals surface area contributed by atoms with E-state index in [9.17, 15) is 4.79 Å². The Morgan fingerprint density at radius 2 is 1.75 bits per heavy atom. The molecule has 20 heavy (non-hydrogen) atoms. The van der Waals surface area contributed by atoms with Gasteiger partial charge < -0.3 is 9.47 Å². The van der Waals surface area contributed by atoms with Gasteiger partial charge in [0, 0.05) is 0 Å². The molecule has 2 aromatic carbocycles. The lowest BCUT2D eigenvalue weighted by Gasteiger charge is -2.09. The molecule has 2 rings (SSSR count). The van der Waals surface area contributed by atoms with Crippen LogP contribution in [-0.4, -0.2) is 12.6 Å². The predicted octanol–water partition coefficient (Wildman–Crippen LogP) is 3.94. The fourth-order valence-electron chi connectivity index (χ4n) is 1.84. The number of para-hydroxylation sites is 1. The molecule has 0 heterocycles. The summed E-state index contributed by atoms with van der Waals surface area (Å²) < 4.78 is 10.6. The molecule has 0 spiro atoms. The van der Waals surface area contributed by atoms with E-state index in [1.54, 1.807) is 24.3 Å². The topological polar surface area (TPSA) is 35.5 Å². The molecule has 0 unspecified atom stereocenters. The third-order valence-electron chi connectivity index (χ3n) is 2.61. The molecule has 3 nitrogen and oxygen atoms in total. The summed E-state index contributed by atoms with van der Waals surface area (Å²) in [5.74, 6) is 0.499. The van der Waals surface area contributed by atoms with Gasteiger partial charge >= 0.3 is 5.97 Å². The molecule has 4 heteroatoms. The molecule has 0 saturated heterocycles. The second-order valence-corrected chi connectivity index (χ2v) is 4.92. The van der Waals surface area contributed by atoms with Crippen molar-refractivity contribution in [2.24, 2.45) is 0 Å². The van der Waals surface area contributed by atoms with E-state index in [1.165, 1.54) is 0 Å². The fraction of sp³-hybridized carbons (Fsp3) is 0.188. The molecule has 0 aliphatic carbocycles. The summed E-state index contributed by atoms with van der Waals surface area (Å²) in [4.78, 5) is 11.7. The van der Waals surface area contributed by atoms with Crippen molar-refractivity contribution in [2.75, 3.05) is 6.61 Å². The number of rotatable bonds is 4. The molecular weight excluding hydrogens is 276 g/mol. The quantitative estimate of drug-likeness (QED) is 0.632. The van der Waals surface area contributed by atoms with Crippen LogP contribution >= 0.6 is 11.6 Å². The molecule has 0 atom stereocenters. The minimum atomic E-state index is -0.489. The van der Waals surface area contributed by atoms with Crippen LogP contribution in [0.25, 0.3) is 0 Å². The first kappa shape index (κ1) is 14.4. The number of benzene rings is 2. The van der Waals surface area contributed by atoms with Crippen molar-refractivity contribution < 1.29 is 14.3 Å². The van der Waals surface area contributed by atoms with E-state index in [2.05, 4.69) is 0 Å². The maximum absolute atomic E-state index is 11.7. The molecule has 0 aromatic heterocycles. The third-order valence-corrected chi connectivity index (χ3v) is 2.92. The maximum atomic E-state index is 11.7. The standard InChI is InChI=1S/C16H15ClO3/c1-11-7-12(2)9-13(8-11)19-10-16(18)20-15-6-4-3-5-14(15)17/h3-9H,10H2,1-2H3. The second kappa shape index (κ2) is 6.44. The number of aryl methyl sites for hydroxylation is 2. The van der Waals surface area contributed by atoms with Gasteiger partial charge in [-0.1, -0.05) is 29.8 Å². The Balaban J connectivity index is 1.94. The number of hydrogen-bond donors (Lipinski definition) is 0. The number of halogens is 1. The number of carbonyl (C=O) groups excluding carboxylic acids is 1. The molecule has 0 amide bonds. The molecule has 0 bridgehead atoms. The Labute approximate surface area is 123 Å². The highest BCUT2D eigenvalue weighted by Gasteiger charge is 2.09. The molecule has 2 aromatic rings. The number of esters is 1. The summed E-state index contributed by atoms with van der Waals surface area (Å²) in [5.41, 5.74) is 2.17. The first-order valence-corrected chi connectivity index (χ1v) is 6.59. The van der Waals surface area contributed by atoms with Crippen LogP contribution in [-0.2, 0) is 4.79 Å². The number of hydrogen-bond acceptors (Lipinski definition) is 3. The number of ether oxygens (including phenoxy) is 2. The van der Waals surface area contributed by atoms with E-state index < -0.39 is 5.97 Å². The zero-order valence-electron chi connectivity index (χ0n) is 11.4. The van der Waals surface area contributed by atoms with E-state index in [1.807, 2.05) is 32.0 Å². The average molecular weight is 291 g/mol. The molecule has 0 aliphatic rings. The van der Waals surface area contributed by atoms with Gasteiger partial charge in [0.05, 0.1) is 5.02 Å². The van der Waals surface area contributed by atoms with Crippen LogP contribution in [0.15, 0.2) is 42.5 Å². The van der Waals surface area contributed by atoms with E-state index in [0.29, 0.717) is 16.5 Å². The van der Waals surface area contributed by atoms with E-state index in [4.69, 9.17) is 21.1 Å². The lowest BCUT2D eigenvalue weighted by molar-refractivity contribution is -0.136. The second-order valence-electron chi connectivity index (χ2n) is 4.52. The smallest absolute Gasteiger partial charge is 0.349 e. The Kier molecular flexibility index (Phi) is 4.64. The summed E-state index contributed by atoms with van der Waals surface area (Å²) in [6.45, 7) is 3.79. The van der Waals surface area contributed by atoms with E-state index >= 15 is 0 Å². The molecular formula is C16H15ClO3. The van der Waals surface area contributed by atoms with Crippen molar-refractivity contribution in [2.45, 2.75) is 13.8 Å². The van der Waals surface area contributed by atoms with Gasteiger partial charge in [-0.2, -0.15) is 0 Å². The minimum absolute atomic E-state index is 0.159. The van der Waals surface area contributed by atoms with Crippen molar-refractivity contribution >= 4 is 17.6 Å². The Bertz CT molecular complexity index is 603. The van der Waals surface area contributed by atoms with Crippen LogP contribution < -0.4 is 9.47 Å². The normalized spacial score (nSPS) is 10.2. The van der Waals surface area contributed by atoms with Gasteiger partial charge in [0.25, 0.3) is 0 Å². The Morgan fingerprint density at radius 3 is 2.40 bits per heavy atom. The van der Waals surface area contributed by atoms with Gasteiger partial charge in [-0.05, 0) is 49.2 Å². The maximum Gasteiger partial charge on any atom is 0.349 e. The Hall–Kier alpha value is -2.00. The largest absolute Gasteiger partial charge is 0.482 e. The summed E-state index contributed by atoms with van der Waals surface area (Å²) in [6, 6.07) is 12.6. The average Bonchev–Trinajstić information content (AvgIpc) is 2.38. The zero-order chi connectivity index (χ0) is 14.5. The van der Waals surface area contributed by atoms with Gasteiger partial charge in [-0.15, -0.1) is 0 Å². The molecule has 0 saturated carbocycles. The third kappa shape index (κ3) is 4.00. The first-order valence-electron chi connectivity index (χ1n) is 6.21. The highest BCUT2D eigenvalue weighted by atomic mass is 35.5. The lowest BCUT2D eigenvalue weighted by Crippen LogP contribution is -2.17. The summed E-state index contributed by atoms with van der Waals surface area (Å²) in [7, 11) is 0. The van der Waals surface area contributed by atoms with Crippen LogP contribution in [0.4, 0.5) is 0 Å². The minimum Gasteiger partial charge on any atom is -0.482 e. The predicted molar refractivity (Wildman–Crippen MR) is 78.5 cm³/mol. The van der Waals surface area contributed by atoms with Crippen molar-refractivity contribution in [1.82, 2.24) is 0 Å². The first-order chi connectivity index (χ1) is 9.54. The molecule has 0 fully saturated rings. The van der Waals surface area contributed by atoms with Gasteiger partial charge in [0.1, 0.15) is 11.5 Å². The van der Waals surface area contributed by atoms with Crippen LogP contribution in [0.5, 0.6) is 11.5 Å². The van der Waals surface area contributed by atoms with Crippen molar-refractivity contribution in [3.63, 3.8) is 0 Å². The molecule has 0 radical (unpaired) electrons. The van der Waals surface area contributed by atoms with Crippen molar-refractivity contribution in [3.8, 4) is 11.5 Å².